The molecule has 0 N–H and O–H groups in total. The molecule has 2 aliphatic rings. The first-order chi connectivity index (χ1) is 13.9. The Morgan fingerprint density at radius 2 is 1.48 bits per heavy atom. The van der Waals surface area contributed by atoms with E-state index >= 15 is 0 Å². The summed E-state index contributed by atoms with van der Waals surface area (Å²) in [5.74, 6) is -0.578. The van der Waals surface area contributed by atoms with E-state index in [0.29, 0.717) is 16.8 Å². The summed E-state index contributed by atoms with van der Waals surface area (Å²) in [6, 6.07) is 20.1. The van der Waals surface area contributed by atoms with Gasteiger partial charge >= 0.3 is 6.18 Å². The summed E-state index contributed by atoms with van der Waals surface area (Å²) in [5, 5.41) is -0.361. The third-order valence-electron chi connectivity index (χ3n) is 5.27. The van der Waals surface area contributed by atoms with E-state index in [2.05, 4.69) is 0 Å². The maximum Gasteiger partial charge on any atom is 0.416 e. The van der Waals surface area contributed by atoms with Gasteiger partial charge in [0, 0.05) is 16.0 Å². The number of fused-ring (bicyclic) bond motifs is 4. The lowest BCUT2D eigenvalue weighted by molar-refractivity contribution is -0.137. The molecule has 1 heterocycles. The van der Waals surface area contributed by atoms with Gasteiger partial charge in [-0.05, 0) is 29.8 Å². The summed E-state index contributed by atoms with van der Waals surface area (Å²) in [6.07, 6.45) is -4.40. The van der Waals surface area contributed by atoms with E-state index in [9.17, 15) is 18.0 Å². The molecule has 0 radical (unpaired) electrons. The van der Waals surface area contributed by atoms with Crippen LogP contribution in [0.25, 0.3) is 0 Å². The monoisotopic (exact) mass is 409 g/mol. The number of hydrogen-bond acceptors (Lipinski definition) is 3. The fourth-order valence-corrected chi connectivity index (χ4v) is 5.24. The standard InChI is InChI=1S/C23H14F3NOS/c24-23(25,26)14-11-9-13(10-12-14)22-19-20(15-5-1-2-6-16(15)21(19)28)27-17-7-3-4-8-18(17)29-22/h1-12,19,22H. The van der Waals surface area contributed by atoms with Gasteiger partial charge in [0.2, 0.25) is 0 Å². The molecule has 0 fully saturated rings. The highest BCUT2D eigenvalue weighted by molar-refractivity contribution is 7.99. The number of ketones is 1. The van der Waals surface area contributed by atoms with Crippen molar-refractivity contribution in [1.29, 1.82) is 0 Å². The zero-order valence-electron chi connectivity index (χ0n) is 15.0. The number of halogens is 3. The molecule has 1 aliphatic carbocycles. The smallest absolute Gasteiger partial charge is 0.293 e. The Labute approximate surface area is 169 Å². The highest BCUT2D eigenvalue weighted by atomic mass is 32.2. The van der Waals surface area contributed by atoms with Gasteiger partial charge in [-0.2, -0.15) is 13.2 Å². The van der Waals surface area contributed by atoms with Crippen molar-refractivity contribution in [1.82, 2.24) is 0 Å². The lowest BCUT2D eigenvalue weighted by Gasteiger charge is -2.22. The summed E-state index contributed by atoms with van der Waals surface area (Å²) >= 11 is 1.48. The molecule has 144 valence electrons. The predicted molar refractivity (Wildman–Crippen MR) is 107 cm³/mol. The van der Waals surface area contributed by atoms with Crippen LogP contribution in [0.2, 0.25) is 0 Å². The Hall–Kier alpha value is -2.86. The van der Waals surface area contributed by atoms with Crippen molar-refractivity contribution in [3.63, 3.8) is 0 Å². The number of benzene rings is 3. The molecule has 5 rings (SSSR count). The summed E-state index contributed by atoms with van der Waals surface area (Å²) in [4.78, 5) is 19.0. The van der Waals surface area contributed by atoms with Gasteiger partial charge in [0.05, 0.1) is 28.1 Å². The number of carbonyl (C=O) groups excluding carboxylic acids is 1. The van der Waals surface area contributed by atoms with Crippen molar-refractivity contribution >= 4 is 28.9 Å². The second-order valence-corrected chi connectivity index (χ2v) is 8.19. The highest BCUT2D eigenvalue weighted by Gasteiger charge is 2.44. The first-order valence-corrected chi connectivity index (χ1v) is 9.96. The Bertz CT molecular complexity index is 1150. The molecule has 0 amide bonds. The number of para-hydroxylation sites is 1. The number of thioether (sulfide) groups is 1. The van der Waals surface area contributed by atoms with Gasteiger partial charge in [-0.3, -0.25) is 9.79 Å². The van der Waals surface area contributed by atoms with Crippen LogP contribution in [0.5, 0.6) is 0 Å². The van der Waals surface area contributed by atoms with E-state index in [1.54, 1.807) is 6.07 Å². The van der Waals surface area contributed by atoms with E-state index in [4.69, 9.17) is 4.99 Å². The van der Waals surface area contributed by atoms with Gasteiger partial charge in [0.25, 0.3) is 0 Å². The van der Waals surface area contributed by atoms with E-state index < -0.39 is 17.7 Å². The fourth-order valence-electron chi connectivity index (χ4n) is 3.90. The summed E-state index contributed by atoms with van der Waals surface area (Å²) in [7, 11) is 0. The van der Waals surface area contributed by atoms with Gasteiger partial charge in [0.1, 0.15) is 0 Å². The van der Waals surface area contributed by atoms with Crippen LogP contribution in [0.1, 0.15) is 32.3 Å². The van der Waals surface area contributed by atoms with E-state index in [0.717, 1.165) is 28.3 Å². The lowest BCUT2D eigenvalue weighted by atomic mass is 9.93. The van der Waals surface area contributed by atoms with Crippen LogP contribution in [0, 0.1) is 5.92 Å². The van der Waals surface area contributed by atoms with Crippen LogP contribution in [0.4, 0.5) is 18.9 Å². The average Bonchev–Trinajstić information content (AvgIpc) is 2.88. The van der Waals surface area contributed by atoms with E-state index in [1.165, 1.54) is 23.9 Å². The molecular formula is C23H14F3NOS. The number of Topliss-reactive ketones (excluding diaryl/α,β-unsaturated/α-hetero) is 1. The minimum Gasteiger partial charge on any atom is -0.293 e. The average molecular weight is 409 g/mol. The molecule has 2 nitrogen and oxygen atoms in total. The molecule has 0 spiro atoms. The zero-order chi connectivity index (χ0) is 20.2. The largest absolute Gasteiger partial charge is 0.416 e. The molecule has 2 unspecified atom stereocenters. The van der Waals surface area contributed by atoms with Gasteiger partial charge in [0.15, 0.2) is 5.78 Å². The SMILES string of the molecule is O=C1c2ccccc2C2=Nc3ccccc3SC(c3ccc(C(F)(F)F)cc3)C12. The summed E-state index contributed by atoms with van der Waals surface area (Å²) in [6.45, 7) is 0. The quantitative estimate of drug-likeness (QED) is 0.460. The molecular weight excluding hydrogens is 395 g/mol. The third-order valence-corrected chi connectivity index (χ3v) is 6.67. The fraction of sp³-hybridized carbons (Fsp3) is 0.130. The first-order valence-electron chi connectivity index (χ1n) is 9.08. The number of hydrogen-bond donors (Lipinski definition) is 0. The predicted octanol–water partition coefficient (Wildman–Crippen LogP) is 6.49. The van der Waals surface area contributed by atoms with Crippen LogP contribution in [0.3, 0.4) is 0 Å². The molecule has 3 aromatic carbocycles. The lowest BCUT2D eigenvalue weighted by Crippen LogP contribution is -2.22. The minimum absolute atomic E-state index is 0.0374. The van der Waals surface area contributed by atoms with Crippen molar-refractivity contribution in [3.05, 3.63) is 95.1 Å². The zero-order valence-corrected chi connectivity index (χ0v) is 15.8. The van der Waals surface area contributed by atoms with Crippen LogP contribution in [-0.2, 0) is 6.18 Å². The number of carbonyl (C=O) groups is 1. The maximum atomic E-state index is 13.3. The van der Waals surface area contributed by atoms with Crippen LogP contribution in [-0.4, -0.2) is 11.5 Å². The summed E-state index contributed by atoms with van der Waals surface area (Å²) < 4.78 is 39.0. The molecule has 0 saturated carbocycles. The maximum absolute atomic E-state index is 13.3. The third kappa shape index (κ3) is 2.99. The molecule has 29 heavy (non-hydrogen) atoms. The van der Waals surface area contributed by atoms with Gasteiger partial charge in [-0.15, -0.1) is 11.8 Å². The van der Waals surface area contributed by atoms with Crippen LogP contribution >= 0.6 is 11.8 Å². The number of rotatable bonds is 1. The van der Waals surface area contributed by atoms with E-state index in [-0.39, 0.29) is 11.0 Å². The van der Waals surface area contributed by atoms with Crippen molar-refractivity contribution in [3.8, 4) is 0 Å². The van der Waals surface area contributed by atoms with Crippen molar-refractivity contribution < 1.29 is 18.0 Å². The van der Waals surface area contributed by atoms with Crippen molar-refractivity contribution in [2.75, 3.05) is 0 Å². The number of aliphatic imine (C=N–C) groups is 1. The second-order valence-electron chi connectivity index (χ2n) is 7.01. The molecule has 0 saturated heterocycles. The van der Waals surface area contributed by atoms with Crippen LogP contribution in [0.15, 0.2) is 82.7 Å². The van der Waals surface area contributed by atoms with Crippen molar-refractivity contribution in [2.45, 2.75) is 16.3 Å². The molecule has 6 heteroatoms. The second kappa shape index (κ2) is 6.59. The Kier molecular flexibility index (Phi) is 4.13. The van der Waals surface area contributed by atoms with Gasteiger partial charge < -0.3 is 0 Å². The molecule has 1 aliphatic heterocycles. The molecule has 2 atom stereocenters. The Balaban J connectivity index is 1.67. The van der Waals surface area contributed by atoms with Crippen LogP contribution < -0.4 is 0 Å². The van der Waals surface area contributed by atoms with Gasteiger partial charge in [-0.25, -0.2) is 0 Å². The van der Waals surface area contributed by atoms with Gasteiger partial charge in [-0.1, -0.05) is 48.5 Å². The normalized spacial score (nSPS) is 20.4. The first kappa shape index (κ1) is 18.2. The Morgan fingerprint density at radius 3 is 2.21 bits per heavy atom. The number of nitrogens with zero attached hydrogens (tertiary/aromatic N) is 1. The molecule has 3 aromatic rings. The van der Waals surface area contributed by atoms with Crippen molar-refractivity contribution in [2.24, 2.45) is 10.9 Å². The molecule has 0 aromatic heterocycles. The Morgan fingerprint density at radius 1 is 0.828 bits per heavy atom. The highest BCUT2D eigenvalue weighted by Crippen LogP contribution is 2.51. The minimum atomic E-state index is -4.40. The molecule has 0 bridgehead atoms. The topological polar surface area (TPSA) is 29.4 Å². The number of alkyl halides is 3. The summed E-state index contributed by atoms with van der Waals surface area (Å²) in [5.41, 5.74) is 2.86. The van der Waals surface area contributed by atoms with E-state index in [1.807, 2.05) is 42.5 Å².